The Morgan fingerprint density at radius 1 is 1.09 bits per heavy atom. The third-order valence-electron chi connectivity index (χ3n) is 6.22. The maximum Gasteiger partial charge on any atom is 0.408 e. The number of halogens is 1. The quantitative estimate of drug-likeness (QED) is 0.469. The highest BCUT2D eigenvalue weighted by Crippen LogP contribution is 2.31. The summed E-state index contributed by atoms with van der Waals surface area (Å²) >= 11 is 0. The van der Waals surface area contributed by atoms with Gasteiger partial charge in [-0.25, -0.2) is 9.18 Å². The molecule has 2 amide bonds. The molecule has 2 heterocycles. The van der Waals surface area contributed by atoms with Gasteiger partial charge in [-0.2, -0.15) is 0 Å². The molecule has 186 valence electrons. The first-order chi connectivity index (χ1) is 16.4. The molecule has 1 saturated heterocycles. The van der Waals surface area contributed by atoms with Gasteiger partial charge in [0.05, 0.1) is 6.54 Å². The second-order valence-corrected chi connectivity index (χ2v) is 10.6. The Labute approximate surface area is 205 Å². The zero-order valence-electron chi connectivity index (χ0n) is 21.0. The molecule has 6 nitrogen and oxygen atoms in total. The third kappa shape index (κ3) is 6.02. The van der Waals surface area contributed by atoms with E-state index in [0.717, 1.165) is 27.7 Å². The first-order valence-electron chi connectivity index (χ1n) is 12.0. The molecule has 1 fully saturated rings. The number of hydrogen-bond acceptors (Lipinski definition) is 4. The summed E-state index contributed by atoms with van der Waals surface area (Å²) in [5.74, 6) is 0.577. The van der Waals surface area contributed by atoms with Gasteiger partial charge in [0.2, 0.25) is 0 Å². The average Bonchev–Trinajstić information content (AvgIpc) is 3.20. The molecule has 3 aromatic rings. The molecule has 0 saturated carbocycles. The van der Waals surface area contributed by atoms with Gasteiger partial charge in [-0.3, -0.25) is 4.79 Å². The molecule has 1 aromatic heterocycles. The van der Waals surface area contributed by atoms with Gasteiger partial charge in [-0.15, -0.1) is 0 Å². The number of alkyl carbamates (subject to hydrolysis) is 1. The van der Waals surface area contributed by atoms with Gasteiger partial charge in [0.25, 0.3) is 5.91 Å². The summed E-state index contributed by atoms with van der Waals surface area (Å²) in [5.41, 5.74) is 2.59. The van der Waals surface area contributed by atoms with Gasteiger partial charge in [0.15, 0.2) is 0 Å². The van der Waals surface area contributed by atoms with Crippen molar-refractivity contribution in [3.63, 3.8) is 0 Å². The van der Waals surface area contributed by atoms with E-state index in [-0.39, 0.29) is 12.5 Å². The number of amides is 2. The summed E-state index contributed by atoms with van der Waals surface area (Å²) in [6, 6.07) is 13.5. The number of nitrogens with zero attached hydrogens (tertiary/aromatic N) is 1. The van der Waals surface area contributed by atoms with Crippen molar-refractivity contribution < 1.29 is 23.1 Å². The van der Waals surface area contributed by atoms with Gasteiger partial charge in [0.1, 0.15) is 22.6 Å². The lowest BCUT2D eigenvalue weighted by atomic mass is 9.95. The molecule has 0 spiro atoms. The van der Waals surface area contributed by atoms with E-state index >= 15 is 0 Å². The van der Waals surface area contributed by atoms with Crippen molar-refractivity contribution >= 4 is 23.0 Å². The van der Waals surface area contributed by atoms with Crippen LogP contribution in [0.1, 0.15) is 62.2 Å². The minimum atomic E-state index is -1.18. The molecule has 0 aliphatic carbocycles. The highest BCUT2D eigenvalue weighted by Gasteiger charge is 2.31. The summed E-state index contributed by atoms with van der Waals surface area (Å²) in [4.78, 5) is 26.5. The Morgan fingerprint density at radius 2 is 1.74 bits per heavy atom. The van der Waals surface area contributed by atoms with Crippen LogP contribution in [0, 0.1) is 6.92 Å². The lowest BCUT2D eigenvalue weighted by Gasteiger charge is -2.34. The van der Waals surface area contributed by atoms with Crippen molar-refractivity contribution in [2.75, 3.05) is 13.1 Å². The van der Waals surface area contributed by atoms with Crippen molar-refractivity contribution in [1.82, 2.24) is 10.2 Å². The number of piperidine rings is 1. The maximum absolute atomic E-state index is 14.1. The molecule has 4 rings (SSSR count). The largest absolute Gasteiger partial charge is 0.459 e. The Kier molecular flexibility index (Phi) is 6.62. The van der Waals surface area contributed by atoms with E-state index in [1.165, 1.54) is 0 Å². The number of nitrogens with one attached hydrogen (secondary N) is 1. The summed E-state index contributed by atoms with van der Waals surface area (Å²) < 4.78 is 25.3. The second-order valence-electron chi connectivity index (χ2n) is 10.6. The van der Waals surface area contributed by atoms with Crippen molar-refractivity contribution in [2.45, 2.75) is 65.3 Å². The van der Waals surface area contributed by atoms with Crippen LogP contribution >= 0.6 is 0 Å². The van der Waals surface area contributed by atoms with Crippen LogP contribution in [0.15, 0.2) is 46.9 Å². The molecule has 0 unspecified atom stereocenters. The first kappa shape index (κ1) is 24.8. The summed E-state index contributed by atoms with van der Waals surface area (Å²) in [6.07, 6.45) is 0.250. The van der Waals surface area contributed by atoms with Crippen molar-refractivity contribution in [3.05, 3.63) is 59.4 Å². The van der Waals surface area contributed by atoms with Crippen LogP contribution in [-0.2, 0) is 11.3 Å². The van der Waals surface area contributed by atoms with Gasteiger partial charge in [0, 0.05) is 24.0 Å². The Balaban J connectivity index is 1.47. The second kappa shape index (κ2) is 9.36. The monoisotopic (exact) mass is 480 g/mol. The number of hydrogen-bond donors (Lipinski definition) is 1. The van der Waals surface area contributed by atoms with Gasteiger partial charge in [-0.05, 0) is 94.5 Å². The highest BCUT2D eigenvalue weighted by molar-refractivity contribution is 5.95. The number of furan rings is 1. The molecule has 0 bridgehead atoms. The SMILES string of the molecule is Cc1cc(-c2ccc(C(=O)N3CCC(C)(F)CC3)cc2)cc2cc(CNC(=O)OC(C)(C)C)oc12. The Bertz CT molecular complexity index is 1230. The van der Waals surface area contributed by atoms with E-state index < -0.39 is 17.4 Å². The van der Waals surface area contributed by atoms with E-state index in [1.54, 1.807) is 11.8 Å². The number of rotatable bonds is 4. The molecule has 0 atom stereocenters. The number of fused-ring (bicyclic) bond motifs is 1. The standard InChI is InChI=1S/C28H33FN2O4/c1-18-14-21(15-22-16-23(34-24(18)22)17-30-26(33)35-27(2,3)4)19-6-8-20(9-7-19)25(32)31-12-10-28(5,29)11-13-31/h6-9,14-16H,10-13,17H2,1-5H3,(H,30,33). The first-order valence-corrected chi connectivity index (χ1v) is 12.0. The van der Waals surface area contributed by atoms with Crippen LogP contribution in [-0.4, -0.2) is 41.3 Å². The smallest absolute Gasteiger partial charge is 0.408 e. The number of carbonyl (C=O) groups excluding carboxylic acids is 2. The van der Waals surface area contributed by atoms with Crippen LogP contribution in [0.2, 0.25) is 0 Å². The zero-order valence-corrected chi connectivity index (χ0v) is 21.0. The van der Waals surface area contributed by atoms with Crippen molar-refractivity contribution in [2.24, 2.45) is 0 Å². The number of carbonyl (C=O) groups is 2. The molecule has 0 radical (unpaired) electrons. The fraction of sp³-hybridized carbons (Fsp3) is 0.429. The minimum Gasteiger partial charge on any atom is -0.459 e. The van der Waals surface area contributed by atoms with Gasteiger partial charge in [-0.1, -0.05) is 12.1 Å². The molecular formula is C28H33FN2O4. The predicted octanol–water partition coefficient (Wildman–Crippen LogP) is 6.40. The lowest BCUT2D eigenvalue weighted by Crippen LogP contribution is -2.43. The molecule has 35 heavy (non-hydrogen) atoms. The lowest BCUT2D eigenvalue weighted by molar-refractivity contribution is 0.0498. The normalized spacial score (nSPS) is 15.8. The number of likely N-dealkylation sites (tertiary alicyclic amines) is 1. The minimum absolute atomic E-state index is 0.0596. The third-order valence-corrected chi connectivity index (χ3v) is 6.22. The predicted molar refractivity (Wildman–Crippen MR) is 134 cm³/mol. The topological polar surface area (TPSA) is 71.8 Å². The van der Waals surface area contributed by atoms with E-state index in [0.29, 0.717) is 37.3 Å². The van der Waals surface area contributed by atoms with E-state index in [9.17, 15) is 14.0 Å². The van der Waals surface area contributed by atoms with Gasteiger partial charge >= 0.3 is 6.09 Å². The van der Waals surface area contributed by atoms with Crippen LogP contribution in [0.4, 0.5) is 9.18 Å². The molecular weight excluding hydrogens is 447 g/mol. The summed E-state index contributed by atoms with van der Waals surface area (Å²) in [7, 11) is 0. The molecule has 1 aliphatic heterocycles. The molecule has 2 aromatic carbocycles. The van der Waals surface area contributed by atoms with Crippen molar-refractivity contribution in [1.29, 1.82) is 0 Å². The Hall–Kier alpha value is -3.35. The number of alkyl halides is 1. The molecule has 1 N–H and O–H groups in total. The number of benzene rings is 2. The van der Waals surface area contributed by atoms with Crippen LogP contribution in [0.5, 0.6) is 0 Å². The fourth-order valence-corrected chi connectivity index (χ4v) is 4.27. The van der Waals surface area contributed by atoms with Crippen molar-refractivity contribution in [3.8, 4) is 11.1 Å². The van der Waals surface area contributed by atoms with Gasteiger partial charge < -0.3 is 19.4 Å². The summed E-state index contributed by atoms with van der Waals surface area (Å²) in [6.45, 7) is 10.1. The van der Waals surface area contributed by atoms with Crippen LogP contribution in [0.3, 0.4) is 0 Å². The highest BCUT2D eigenvalue weighted by atomic mass is 19.1. The van der Waals surface area contributed by atoms with E-state index in [2.05, 4.69) is 5.32 Å². The Morgan fingerprint density at radius 3 is 2.37 bits per heavy atom. The molecule has 7 heteroatoms. The van der Waals surface area contributed by atoms with Crippen LogP contribution < -0.4 is 5.32 Å². The van der Waals surface area contributed by atoms with E-state index in [4.69, 9.17) is 9.15 Å². The zero-order chi connectivity index (χ0) is 25.4. The summed E-state index contributed by atoms with van der Waals surface area (Å²) in [5, 5.41) is 3.65. The van der Waals surface area contributed by atoms with E-state index in [1.807, 2.05) is 70.2 Å². The molecule has 1 aliphatic rings. The maximum atomic E-state index is 14.1. The number of aryl methyl sites for hydroxylation is 1. The fourth-order valence-electron chi connectivity index (χ4n) is 4.27. The van der Waals surface area contributed by atoms with Crippen LogP contribution in [0.25, 0.3) is 22.1 Å². The number of ether oxygens (including phenoxy) is 1. The average molecular weight is 481 g/mol.